The molecule has 0 radical (unpaired) electrons. The molecule has 2 nitrogen and oxygen atoms in total. The van der Waals surface area contributed by atoms with Crippen LogP contribution in [0.5, 0.6) is 0 Å². The van der Waals surface area contributed by atoms with Crippen LogP contribution in [-0.4, -0.2) is 25.9 Å². The van der Waals surface area contributed by atoms with Crippen molar-refractivity contribution in [1.82, 2.24) is 0 Å². The Hall–Kier alpha value is -0.750. The van der Waals surface area contributed by atoms with E-state index in [0.717, 1.165) is 15.7 Å². The number of rotatable bonds is 6. The van der Waals surface area contributed by atoms with Gasteiger partial charge in [-0.05, 0) is 40.9 Å². The zero-order chi connectivity index (χ0) is 13.6. The topological polar surface area (TPSA) is 21.3 Å². The van der Waals surface area contributed by atoms with Crippen molar-refractivity contribution < 1.29 is 17.9 Å². The summed E-state index contributed by atoms with van der Waals surface area (Å²) < 4.78 is 40.8. The molecule has 0 bridgehead atoms. The molecule has 0 saturated heterocycles. The molecular formula is C12H15BrF3NO. The SMILES string of the molecule is Cc1cccc(NCCCOCC(F)(F)F)c1Br. The maximum atomic E-state index is 11.8. The van der Waals surface area contributed by atoms with Gasteiger partial charge in [-0.15, -0.1) is 0 Å². The molecule has 1 rings (SSSR count). The summed E-state index contributed by atoms with van der Waals surface area (Å²) in [6.07, 6.45) is -3.72. The van der Waals surface area contributed by atoms with Crippen LogP contribution >= 0.6 is 15.9 Å². The van der Waals surface area contributed by atoms with Crippen LogP contribution in [0, 0.1) is 6.92 Å². The quantitative estimate of drug-likeness (QED) is 0.794. The molecule has 0 spiro atoms. The molecule has 6 heteroatoms. The van der Waals surface area contributed by atoms with Crippen LogP contribution in [0.2, 0.25) is 0 Å². The summed E-state index contributed by atoms with van der Waals surface area (Å²) in [5.74, 6) is 0. The van der Waals surface area contributed by atoms with E-state index < -0.39 is 12.8 Å². The number of ether oxygens (including phenoxy) is 1. The average molecular weight is 326 g/mol. The smallest absolute Gasteiger partial charge is 0.384 e. The van der Waals surface area contributed by atoms with Crippen LogP contribution < -0.4 is 5.32 Å². The van der Waals surface area contributed by atoms with Gasteiger partial charge in [0.05, 0.1) is 0 Å². The minimum absolute atomic E-state index is 0.0932. The van der Waals surface area contributed by atoms with Gasteiger partial charge in [0.15, 0.2) is 0 Å². The van der Waals surface area contributed by atoms with Crippen LogP contribution in [0.3, 0.4) is 0 Å². The standard InChI is InChI=1S/C12H15BrF3NO/c1-9-4-2-5-10(11(9)13)17-6-3-7-18-8-12(14,15)16/h2,4-5,17H,3,6-8H2,1H3. The maximum absolute atomic E-state index is 11.8. The molecular weight excluding hydrogens is 311 g/mol. The number of aryl methyl sites for hydroxylation is 1. The normalized spacial score (nSPS) is 11.6. The van der Waals surface area contributed by atoms with E-state index in [1.54, 1.807) is 0 Å². The lowest BCUT2D eigenvalue weighted by Crippen LogP contribution is -2.18. The van der Waals surface area contributed by atoms with Crippen LogP contribution in [0.4, 0.5) is 18.9 Å². The fourth-order valence-corrected chi connectivity index (χ4v) is 1.77. The van der Waals surface area contributed by atoms with Gasteiger partial charge in [-0.1, -0.05) is 12.1 Å². The second kappa shape index (κ2) is 6.99. The van der Waals surface area contributed by atoms with Crippen molar-refractivity contribution in [3.63, 3.8) is 0 Å². The van der Waals surface area contributed by atoms with Crippen molar-refractivity contribution in [3.05, 3.63) is 28.2 Å². The third kappa shape index (κ3) is 5.73. The molecule has 0 saturated carbocycles. The van der Waals surface area contributed by atoms with Gasteiger partial charge in [0, 0.05) is 23.3 Å². The number of alkyl halides is 3. The lowest BCUT2D eigenvalue weighted by molar-refractivity contribution is -0.173. The van der Waals surface area contributed by atoms with Crippen LogP contribution in [-0.2, 0) is 4.74 Å². The van der Waals surface area contributed by atoms with Crippen molar-refractivity contribution in [2.24, 2.45) is 0 Å². The molecule has 0 atom stereocenters. The number of benzene rings is 1. The third-order valence-electron chi connectivity index (χ3n) is 2.24. The summed E-state index contributed by atoms with van der Waals surface area (Å²) in [6.45, 7) is 1.46. The van der Waals surface area contributed by atoms with E-state index in [4.69, 9.17) is 0 Å². The average Bonchev–Trinajstić information content (AvgIpc) is 2.27. The molecule has 1 aromatic rings. The zero-order valence-corrected chi connectivity index (χ0v) is 11.6. The second-order valence-electron chi connectivity index (χ2n) is 3.88. The van der Waals surface area contributed by atoms with Gasteiger partial charge in [-0.3, -0.25) is 0 Å². The van der Waals surface area contributed by atoms with E-state index in [0.29, 0.717) is 13.0 Å². The van der Waals surface area contributed by atoms with Gasteiger partial charge < -0.3 is 10.1 Å². The van der Waals surface area contributed by atoms with Crippen molar-refractivity contribution in [3.8, 4) is 0 Å². The summed E-state index contributed by atoms with van der Waals surface area (Å²) in [5, 5.41) is 3.14. The van der Waals surface area contributed by atoms with Gasteiger partial charge in [-0.25, -0.2) is 0 Å². The Labute approximate surface area is 113 Å². The molecule has 0 unspecified atom stereocenters. The highest BCUT2D eigenvalue weighted by atomic mass is 79.9. The van der Waals surface area contributed by atoms with Gasteiger partial charge in [-0.2, -0.15) is 13.2 Å². The third-order valence-corrected chi connectivity index (χ3v) is 3.29. The molecule has 1 aromatic carbocycles. The minimum Gasteiger partial charge on any atom is -0.384 e. The predicted molar refractivity (Wildman–Crippen MR) is 68.9 cm³/mol. The summed E-state index contributed by atoms with van der Waals surface area (Å²) in [4.78, 5) is 0. The Bertz CT molecular complexity index is 382. The molecule has 0 aromatic heterocycles. The lowest BCUT2D eigenvalue weighted by atomic mass is 10.2. The van der Waals surface area contributed by atoms with Crippen LogP contribution in [0.1, 0.15) is 12.0 Å². The van der Waals surface area contributed by atoms with Gasteiger partial charge >= 0.3 is 6.18 Å². The van der Waals surface area contributed by atoms with Crippen LogP contribution in [0.25, 0.3) is 0 Å². The Morgan fingerprint density at radius 3 is 2.72 bits per heavy atom. The van der Waals surface area contributed by atoms with E-state index in [2.05, 4.69) is 26.0 Å². The first-order chi connectivity index (χ1) is 8.40. The monoisotopic (exact) mass is 325 g/mol. The van der Waals surface area contributed by atoms with Gasteiger partial charge in [0.25, 0.3) is 0 Å². The fourth-order valence-electron chi connectivity index (χ4n) is 1.37. The molecule has 1 N–H and O–H groups in total. The Morgan fingerprint density at radius 1 is 1.33 bits per heavy atom. The summed E-state index contributed by atoms with van der Waals surface area (Å²) in [6, 6.07) is 5.80. The highest BCUT2D eigenvalue weighted by molar-refractivity contribution is 9.10. The molecule has 0 fully saturated rings. The molecule has 0 aliphatic carbocycles. The number of halogens is 4. The largest absolute Gasteiger partial charge is 0.411 e. The van der Waals surface area contributed by atoms with Crippen molar-refractivity contribution in [1.29, 1.82) is 0 Å². The molecule has 0 heterocycles. The first kappa shape index (κ1) is 15.3. The first-order valence-corrected chi connectivity index (χ1v) is 6.33. The molecule has 0 amide bonds. The first-order valence-electron chi connectivity index (χ1n) is 5.53. The number of hydrogen-bond acceptors (Lipinski definition) is 2. The van der Waals surface area contributed by atoms with E-state index in [1.807, 2.05) is 25.1 Å². The molecule has 0 aliphatic heterocycles. The summed E-state index contributed by atoms with van der Waals surface area (Å²) in [5.41, 5.74) is 2.04. The van der Waals surface area contributed by atoms with Crippen LogP contribution in [0.15, 0.2) is 22.7 Å². The van der Waals surface area contributed by atoms with Gasteiger partial charge in [0.2, 0.25) is 0 Å². The highest BCUT2D eigenvalue weighted by Crippen LogP contribution is 2.25. The number of nitrogens with one attached hydrogen (secondary N) is 1. The Morgan fingerprint density at radius 2 is 2.06 bits per heavy atom. The number of hydrogen-bond donors (Lipinski definition) is 1. The Balaban J connectivity index is 2.20. The van der Waals surface area contributed by atoms with E-state index in [-0.39, 0.29) is 6.61 Å². The maximum Gasteiger partial charge on any atom is 0.411 e. The van der Waals surface area contributed by atoms with Crippen molar-refractivity contribution in [2.45, 2.75) is 19.5 Å². The van der Waals surface area contributed by atoms with E-state index in [9.17, 15) is 13.2 Å². The summed E-state index contributed by atoms with van der Waals surface area (Å²) in [7, 11) is 0. The molecule has 102 valence electrons. The molecule has 0 aliphatic rings. The lowest BCUT2D eigenvalue weighted by Gasteiger charge is -2.11. The summed E-state index contributed by atoms with van der Waals surface area (Å²) >= 11 is 3.45. The van der Waals surface area contributed by atoms with Gasteiger partial charge in [0.1, 0.15) is 6.61 Å². The Kier molecular flexibility index (Phi) is 5.95. The van der Waals surface area contributed by atoms with E-state index in [1.165, 1.54) is 0 Å². The zero-order valence-electron chi connectivity index (χ0n) is 9.98. The fraction of sp³-hybridized carbons (Fsp3) is 0.500. The predicted octanol–water partition coefficient (Wildman–Crippen LogP) is 4.14. The number of anilines is 1. The minimum atomic E-state index is -4.24. The second-order valence-corrected chi connectivity index (χ2v) is 4.68. The molecule has 18 heavy (non-hydrogen) atoms. The van der Waals surface area contributed by atoms with Crippen molar-refractivity contribution in [2.75, 3.05) is 25.1 Å². The van der Waals surface area contributed by atoms with E-state index >= 15 is 0 Å². The highest BCUT2D eigenvalue weighted by Gasteiger charge is 2.27. The van der Waals surface area contributed by atoms with Crippen molar-refractivity contribution >= 4 is 21.6 Å².